The van der Waals surface area contributed by atoms with Crippen LogP contribution in [-0.4, -0.2) is 30.3 Å². The lowest BCUT2D eigenvalue weighted by atomic mass is 9.82. The zero-order chi connectivity index (χ0) is 18.1. The Morgan fingerprint density at radius 3 is 2.44 bits per heavy atom. The number of guanidine groups is 1. The molecule has 2 aliphatic rings. The molecule has 0 bridgehead atoms. The van der Waals surface area contributed by atoms with Crippen molar-refractivity contribution in [2.45, 2.75) is 95.7 Å². The van der Waals surface area contributed by atoms with Crippen molar-refractivity contribution in [2.24, 2.45) is 11.7 Å². The third-order valence-electron chi connectivity index (χ3n) is 5.52. The monoisotopic (exact) mass is 353 g/mol. The standard InChI is InChI=1S/C19H35N3O3/c1-2-3-4-5-6-7-8-9-10-12-15-16(17(23)24)19(13-11-14-25-19)22-18(20)21-15/h15-16H,2-14H2,1H3,(H,23,24)(H3,20,21,22)/t15-,16-,19-/m1/s1. The first kappa shape index (κ1) is 20.0. The SMILES string of the molecule is CCCCCCCCCCC[C@H]1[NH+]=C(N)N[C@@]2(CCCO2)[C@H]1C(=O)[O-]. The van der Waals surface area contributed by atoms with E-state index in [9.17, 15) is 9.90 Å². The van der Waals surface area contributed by atoms with Gasteiger partial charge >= 0.3 is 5.96 Å². The molecule has 0 aromatic heterocycles. The van der Waals surface area contributed by atoms with Crippen molar-refractivity contribution in [3.8, 4) is 0 Å². The van der Waals surface area contributed by atoms with Crippen LogP contribution >= 0.6 is 0 Å². The zero-order valence-corrected chi connectivity index (χ0v) is 15.6. The Bertz CT molecular complexity index is 447. The molecule has 4 N–H and O–H groups in total. The van der Waals surface area contributed by atoms with Crippen molar-refractivity contribution >= 4 is 11.9 Å². The van der Waals surface area contributed by atoms with Crippen LogP contribution in [0, 0.1) is 5.92 Å². The summed E-state index contributed by atoms with van der Waals surface area (Å²) in [5.41, 5.74) is 5.06. The van der Waals surface area contributed by atoms with Crippen molar-refractivity contribution in [3.63, 3.8) is 0 Å². The molecule has 0 saturated carbocycles. The summed E-state index contributed by atoms with van der Waals surface area (Å²) in [6.45, 7) is 2.80. The zero-order valence-electron chi connectivity index (χ0n) is 15.6. The lowest BCUT2D eigenvalue weighted by Gasteiger charge is -2.41. The molecule has 6 heteroatoms. The molecule has 2 rings (SSSR count). The van der Waals surface area contributed by atoms with E-state index in [1.165, 1.54) is 44.9 Å². The van der Waals surface area contributed by atoms with Crippen LogP contribution in [0.4, 0.5) is 0 Å². The number of carbonyl (C=O) groups is 1. The molecule has 0 aliphatic carbocycles. The third-order valence-corrected chi connectivity index (χ3v) is 5.52. The largest absolute Gasteiger partial charge is 0.549 e. The molecule has 2 aliphatic heterocycles. The summed E-state index contributed by atoms with van der Waals surface area (Å²) in [5, 5.41) is 14.8. The summed E-state index contributed by atoms with van der Waals surface area (Å²) in [4.78, 5) is 14.9. The minimum Gasteiger partial charge on any atom is -0.549 e. The number of hydrogen-bond acceptors (Lipinski definition) is 5. The van der Waals surface area contributed by atoms with E-state index in [2.05, 4.69) is 17.2 Å². The summed E-state index contributed by atoms with van der Waals surface area (Å²) in [6, 6.07) is -0.228. The highest BCUT2D eigenvalue weighted by Crippen LogP contribution is 2.33. The molecule has 6 nitrogen and oxygen atoms in total. The Morgan fingerprint density at radius 1 is 1.24 bits per heavy atom. The molecule has 25 heavy (non-hydrogen) atoms. The van der Waals surface area contributed by atoms with Crippen molar-refractivity contribution in [1.82, 2.24) is 5.32 Å². The van der Waals surface area contributed by atoms with Crippen LogP contribution in [0.2, 0.25) is 0 Å². The maximum atomic E-state index is 11.8. The Hall–Kier alpha value is -1.30. The highest BCUT2D eigenvalue weighted by molar-refractivity contribution is 5.77. The molecule has 1 saturated heterocycles. The average Bonchev–Trinajstić information content (AvgIpc) is 3.00. The minimum atomic E-state index is -1.06. The Kier molecular flexibility index (Phi) is 8.00. The van der Waals surface area contributed by atoms with Crippen LogP contribution in [0.15, 0.2) is 0 Å². The predicted molar refractivity (Wildman–Crippen MR) is 95.3 cm³/mol. The number of aliphatic carboxylic acids is 1. The maximum absolute atomic E-state index is 11.8. The molecule has 0 aromatic rings. The number of unbranched alkanes of at least 4 members (excludes halogenated alkanes) is 8. The topological polar surface area (TPSA) is 101 Å². The second-order valence-corrected chi connectivity index (χ2v) is 7.54. The molecule has 0 radical (unpaired) electrons. The van der Waals surface area contributed by atoms with Crippen LogP contribution in [0.25, 0.3) is 0 Å². The first-order valence-corrected chi connectivity index (χ1v) is 10.1. The van der Waals surface area contributed by atoms with E-state index in [0.29, 0.717) is 19.0 Å². The fourth-order valence-electron chi connectivity index (χ4n) is 4.22. The van der Waals surface area contributed by atoms with Crippen molar-refractivity contribution in [3.05, 3.63) is 0 Å². The quantitative estimate of drug-likeness (QED) is 0.459. The second kappa shape index (κ2) is 10.00. The molecule has 0 amide bonds. The van der Waals surface area contributed by atoms with Gasteiger partial charge in [0, 0.05) is 6.42 Å². The molecule has 2 heterocycles. The van der Waals surface area contributed by atoms with Crippen LogP contribution in [0.5, 0.6) is 0 Å². The van der Waals surface area contributed by atoms with Crippen molar-refractivity contribution in [2.75, 3.05) is 6.61 Å². The Morgan fingerprint density at radius 2 is 1.88 bits per heavy atom. The highest BCUT2D eigenvalue weighted by Gasteiger charge is 2.53. The van der Waals surface area contributed by atoms with E-state index in [1.54, 1.807) is 0 Å². The van der Waals surface area contributed by atoms with E-state index in [4.69, 9.17) is 10.5 Å². The third kappa shape index (κ3) is 5.59. The van der Waals surface area contributed by atoms with Gasteiger partial charge in [0.1, 0.15) is 0 Å². The van der Waals surface area contributed by atoms with Gasteiger partial charge in [-0.15, -0.1) is 0 Å². The summed E-state index contributed by atoms with van der Waals surface area (Å²) in [5.74, 6) is -1.35. The number of hydrogen-bond donors (Lipinski definition) is 3. The van der Waals surface area contributed by atoms with E-state index in [-0.39, 0.29) is 6.04 Å². The van der Waals surface area contributed by atoms with E-state index >= 15 is 0 Å². The minimum absolute atomic E-state index is 0.228. The molecule has 144 valence electrons. The molecular formula is C19H35N3O3. The van der Waals surface area contributed by atoms with Crippen LogP contribution in [0.3, 0.4) is 0 Å². The van der Waals surface area contributed by atoms with Gasteiger partial charge in [-0.25, -0.2) is 5.32 Å². The number of carboxylic acids is 1. The van der Waals surface area contributed by atoms with E-state index in [1.807, 2.05) is 0 Å². The van der Waals surface area contributed by atoms with Gasteiger partial charge in [0.25, 0.3) is 0 Å². The van der Waals surface area contributed by atoms with Crippen LogP contribution in [0.1, 0.15) is 84.0 Å². The molecular weight excluding hydrogens is 318 g/mol. The van der Waals surface area contributed by atoms with Gasteiger partial charge in [0.15, 0.2) is 5.72 Å². The summed E-state index contributed by atoms with van der Waals surface area (Å²) in [7, 11) is 0. The van der Waals surface area contributed by atoms with Gasteiger partial charge in [-0.2, -0.15) is 0 Å². The molecule has 1 fully saturated rings. The van der Waals surface area contributed by atoms with Gasteiger partial charge in [0.2, 0.25) is 0 Å². The number of carbonyl (C=O) groups excluding carboxylic acids is 1. The molecule has 0 aromatic carbocycles. The van der Waals surface area contributed by atoms with Gasteiger partial charge < -0.3 is 14.6 Å². The van der Waals surface area contributed by atoms with Gasteiger partial charge in [-0.1, -0.05) is 58.3 Å². The summed E-state index contributed by atoms with van der Waals surface area (Å²) >= 11 is 0. The average molecular weight is 354 g/mol. The molecule has 1 spiro atoms. The van der Waals surface area contributed by atoms with Crippen LogP contribution in [-0.2, 0) is 9.53 Å². The van der Waals surface area contributed by atoms with Crippen LogP contribution < -0.4 is 21.1 Å². The number of nitrogens with one attached hydrogen (secondary N) is 2. The fourth-order valence-corrected chi connectivity index (χ4v) is 4.22. The Labute approximate surface area is 151 Å². The van der Waals surface area contributed by atoms with Crippen molar-refractivity contribution < 1.29 is 19.6 Å². The summed E-state index contributed by atoms with van der Waals surface area (Å²) < 4.78 is 5.77. The van der Waals surface area contributed by atoms with Gasteiger partial charge in [-0.05, 0) is 19.3 Å². The number of rotatable bonds is 11. The lowest BCUT2D eigenvalue weighted by Crippen LogP contribution is -2.94. The highest BCUT2D eigenvalue weighted by atomic mass is 16.5. The first-order chi connectivity index (χ1) is 12.1. The fraction of sp³-hybridized carbons (Fsp3) is 0.895. The molecule has 3 atom stereocenters. The number of carboxylic acid groups (broad SMARTS) is 1. The normalized spacial score (nSPS) is 28.8. The Balaban J connectivity index is 1.75. The number of nitrogens with two attached hydrogens (primary N) is 1. The number of ether oxygens (including phenoxy) is 1. The van der Waals surface area contributed by atoms with E-state index in [0.717, 1.165) is 25.7 Å². The van der Waals surface area contributed by atoms with E-state index < -0.39 is 17.6 Å². The molecule has 0 unspecified atom stereocenters. The summed E-state index contributed by atoms with van der Waals surface area (Å²) in [6.07, 6.45) is 13.5. The predicted octanol–water partition coefficient (Wildman–Crippen LogP) is 0.147. The van der Waals surface area contributed by atoms with Crippen molar-refractivity contribution in [1.29, 1.82) is 0 Å². The van der Waals surface area contributed by atoms with Gasteiger partial charge in [-0.3, -0.25) is 10.7 Å². The second-order valence-electron chi connectivity index (χ2n) is 7.54. The smallest absolute Gasteiger partial charge is 0.343 e. The maximum Gasteiger partial charge on any atom is 0.343 e. The first-order valence-electron chi connectivity index (χ1n) is 10.1. The lowest BCUT2D eigenvalue weighted by molar-refractivity contribution is -0.534. The van der Waals surface area contributed by atoms with Gasteiger partial charge in [0.05, 0.1) is 24.5 Å².